The number of imidazole rings is 1. The molecule has 1 aromatic heterocycles. The van der Waals surface area contributed by atoms with Crippen molar-refractivity contribution in [2.45, 2.75) is 58.7 Å². The number of hydrogen-bond donors (Lipinski definition) is 1. The molecule has 0 amide bonds. The molecule has 1 fully saturated rings. The van der Waals surface area contributed by atoms with Crippen molar-refractivity contribution in [2.75, 3.05) is 13.2 Å². The summed E-state index contributed by atoms with van der Waals surface area (Å²) in [6.07, 6.45) is 9.29. The maximum absolute atomic E-state index is 5.54. The van der Waals surface area contributed by atoms with Gasteiger partial charge < -0.3 is 14.6 Å². The summed E-state index contributed by atoms with van der Waals surface area (Å²) in [6.45, 7) is 9.68. The van der Waals surface area contributed by atoms with Gasteiger partial charge in [-0.25, -0.2) is 4.98 Å². The third-order valence-corrected chi connectivity index (χ3v) is 3.89. The van der Waals surface area contributed by atoms with Gasteiger partial charge in [0.1, 0.15) is 0 Å². The van der Waals surface area contributed by atoms with E-state index in [1.807, 2.05) is 18.7 Å². The van der Waals surface area contributed by atoms with Crippen molar-refractivity contribution < 1.29 is 4.74 Å². The molecular formula is C15H27N3O. The Labute approximate surface area is 116 Å². The van der Waals surface area contributed by atoms with Gasteiger partial charge in [0.25, 0.3) is 0 Å². The van der Waals surface area contributed by atoms with E-state index in [2.05, 4.69) is 35.6 Å². The maximum Gasteiger partial charge on any atom is 0.0946 e. The van der Waals surface area contributed by atoms with Gasteiger partial charge >= 0.3 is 0 Å². The number of rotatable bonds is 4. The van der Waals surface area contributed by atoms with Gasteiger partial charge in [-0.2, -0.15) is 0 Å². The van der Waals surface area contributed by atoms with Crippen LogP contribution >= 0.6 is 0 Å². The molecule has 0 bridgehead atoms. The second-order valence-corrected chi connectivity index (χ2v) is 6.58. The van der Waals surface area contributed by atoms with Crippen LogP contribution < -0.4 is 5.32 Å². The Kier molecular flexibility index (Phi) is 4.99. The molecular weight excluding hydrogens is 238 g/mol. The second kappa shape index (κ2) is 6.53. The maximum atomic E-state index is 5.54. The molecule has 0 aromatic carbocycles. The van der Waals surface area contributed by atoms with Gasteiger partial charge in [0, 0.05) is 44.2 Å². The summed E-state index contributed by atoms with van der Waals surface area (Å²) < 4.78 is 7.71. The zero-order valence-corrected chi connectivity index (χ0v) is 12.4. The Morgan fingerprint density at radius 1 is 1.37 bits per heavy atom. The lowest BCUT2D eigenvalue weighted by Crippen LogP contribution is -2.48. The molecule has 2 unspecified atom stereocenters. The van der Waals surface area contributed by atoms with Gasteiger partial charge in [-0.05, 0) is 24.7 Å². The van der Waals surface area contributed by atoms with Crippen LogP contribution in [0.15, 0.2) is 18.7 Å². The third kappa shape index (κ3) is 4.62. The first kappa shape index (κ1) is 14.5. The molecule has 19 heavy (non-hydrogen) atoms. The number of hydrogen-bond acceptors (Lipinski definition) is 3. The van der Waals surface area contributed by atoms with Gasteiger partial charge in [-0.15, -0.1) is 0 Å². The highest BCUT2D eigenvalue weighted by molar-refractivity contribution is 4.87. The minimum absolute atomic E-state index is 0.234. The predicted molar refractivity (Wildman–Crippen MR) is 77.1 cm³/mol. The van der Waals surface area contributed by atoms with E-state index < -0.39 is 0 Å². The Balaban J connectivity index is 1.97. The lowest BCUT2D eigenvalue weighted by molar-refractivity contribution is 0.140. The second-order valence-electron chi connectivity index (χ2n) is 6.58. The van der Waals surface area contributed by atoms with Crippen LogP contribution in [0, 0.1) is 5.41 Å². The highest BCUT2D eigenvalue weighted by Crippen LogP contribution is 2.23. The van der Waals surface area contributed by atoms with Crippen molar-refractivity contribution in [3.05, 3.63) is 18.7 Å². The van der Waals surface area contributed by atoms with Crippen LogP contribution in [-0.4, -0.2) is 34.8 Å². The lowest BCUT2D eigenvalue weighted by atomic mass is 9.85. The lowest BCUT2D eigenvalue weighted by Gasteiger charge is -2.35. The molecule has 0 saturated carbocycles. The molecule has 1 N–H and O–H groups in total. The average Bonchev–Trinajstić information content (AvgIpc) is 2.70. The average molecular weight is 265 g/mol. The molecule has 2 atom stereocenters. The van der Waals surface area contributed by atoms with Gasteiger partial charge in [0.2, 0.25) is 0 Å². The van der Waals surface area contributed by atoms with E-state index in [1.165, 1.54) is 12.8 Å². The predicted octanol–water partition coefficient (Wildman–Crippen LogP) is 2.46. The van der Waals surface area contributed by atoms with E-state index >= 15 is 0 Å². The number of aromatic nitrogens is 2. The largest absolute Gasteiger partial charge is 0.381 e. The molecule has 0 radical (unpaired) electrons. The van der Waals surface area contributed by atoms with Crippen molar-refractivity contribution in [3.8, 4) is 0 Å². The molecule has 4 heteroatoms. The fourth-order valence-corrected chi connectivity index (χ4v) is 2.54. The van der Waals surface area contributed by atoms with Crippen LogP contribution in [-0.2, 0) is 11.3 Å². The van der Waals surface area contributed by atoms with E-state index in [4.69, 9.17) is 4.74 Å². The Morgan fingerprint density at radius 3 is 2.89 bits per heavy atom. The molecule has 0 spiro atoms. The van der Waals surface area contributed by atoms with Crippen molar-refractivity contribution >= 4 is 0 Å². The van der Waals surface area contributed by atoms with Crippen molar-refractivity contribution in [1.82, 2.24) is 14.9 Å². The molecule has 1 saturated heterocycles. The first-order valence-corrected chi connectivity index (χ1v) is 7.35. The number of nitrogens with one attached hydrogen (secondary N) is 1. The summed E-state index contributed by atoms with van der Waals surface area (Å²) in [5.74, 6) is 0. The molecule has 0 aliphatic carbocycles. The van der Waals surface area contributed by atoms with E-state index in [0.29, 0.717) is 12.1 Å². The van der Waals surface area contributed by atoms with Crippen LogP contribution in [0.5, 0.6) is 0 Å². The van der Waals surface area contributed by atoms with Crippen LogP contribution in [0.3, 0.4) is 0 Å². The van der Waals surface area contributed by atoms with Gasteiger partial charge in [-0.1, -0.05) is 20.8 Å². The summed E-state index contributed by atoms with van der Waals surface area (Å²) in [5, 5.41) is 3.85. The summed E-state index contributed by atoms with van der Waals surface area (Å²) in [7, 11) is 0. The fraction of sp³-hybridized carbons (Fsp3) is 0.800. The minimum atomic E-state index is 0.234. The zero-order chi connectivity index (χ0) is 13.7. The molecule has 108 valence electrons. The quantitative estimate of drug-likeness (QED) is 0.909. The highest BCUT2D eigenvalue weighted by Gasteiger charge is 2.27. The summed E-state index contributed by atoms with van der Waals surface area (Å²) in [4.78, 5) is 4.13. The third-order valence-electron chi connectivity index (χ3n) is 3.89. The SMILES string of the molecule is CC(C)(C)C(Cn1ccnc1)NC1CCCOCC1. The van der Waals surface area contributed by atoms with Crippen LogP contribution in [0.25, 0.3) is 0 Å². The Morgan fingerprint density at radius 2 is 2.21 bits per heavy atom. The topological polar surface area (TPSA) is 39.1 Å². The van der Waals surface area contributed by atoms with Crippen LogP contribution in [0.2, 0.25) is 0 Å². The molecule has 4 nitrogen and oxygen atoms in total. The van der Waals surface area contributed by atoms with Crippen LogP contribution in [0.4, 0.5) is 0 Å². The highest BCUT2D eigenvalue weighted by atomic mass is 16.5. The Bertz CT molecular complexity index is 348. The first-order chi connectivity index (χ1) is 9.05. The van der Waals surface area contributed by atoms with Gasteiger partial charge in [0.05, 0.1) is 6.33 Å². The molecule has 2 heterocycles. The van der Waals surface area contributed by atoms with Crippen molar-refractivity contribution in [2.24, 2.45) is 5.41 Å². The molecule has 1 aromatic rings. The van der Waals surface area contributed by atoms with Crippen LogP contribution in [0.1, 0.15) is 40.0 Å². The van der Waals surface area contributed by atoms with Crippen molar-refractivity contribution in [3.63, 3.8) is 0 Å². The van der Waals surface area contributed by atoms with E-state index in [9.17, 15) is 0 Å². The summed E-state index contributed by atoms with van der Waals surface area (Å²) in [5.41, 5.74) is 0.234. The molecule has 2 rings (SSSR count). The zero-order valence-electron chi connectivity index (χ0n) is 12.4. The smallest absolute Gasteiger partial charge is 0.0946 e. The van der Waals surface area contributed by atoms with E-state index in [1.54, 1.807) is 0 Å². The number of nitrogens with zero attached hydrogens (tertiary/aromatic N) is 2. The molecule has 1 aliphatic rings. The first-order valence-electron chi connectivity index (χ1n) is 7.35. The van der Waals surface area contributed by atoms with Gasteiger partial charge in [-0.3, -0.25) is 0 Å². The summed E-state index contributed by atoms with van der Waals surface area (Å²) >= 11 is 0. The fourth-order valence-electron chi connectivity index (χ4n) is 2.54. The van der Waals surface area contributed by atoms with Crippen molar-refractivity contribution in [1.29, 1.82) is 0 Å². The minimum Gasteiger partial charge on any atom is -0.381 e. The monoisotopic (exact) mass is 265 g/mol. The molecule has 1 aliphatic heterocycles. The van der Waals surface area contributed by atoms with Gasteiger partial charge in [0.15, 0.2) is 0 Å². The standard InChI is InChI=1S/C15H27N3O/c1-15(2,3)14(11-18-8-7-16-12-18)17-13-5-4-9-19-10-6-13/h7-8,12-14,17H,4-6,9-11H2,1-3H3. The summed E-state index contributed by atoms with van der Waals surface area (Å²) in [6, 6.07) is 1.03. The van der Waals surface area contributed by atoms with E-state index in [0.717, 1.165) is 26.2 Å². The number of ether oxygens (including phenoxy) is 1. The normalized spacial score (nSPS) is 23.0. The van der Waals surface area contributed by atoms with E-state index in [-0.39, 0.29) is 5.41 Å². The Hall–Kier alpha value is -0.870.